The molecule has 7 nitrogen and oxygen atoms in total. The van der Waals surface area contributed by atoms with Crippen LogP contribution in [0.3, 0.4) is 0 Å². The second-order valence-electron chi connectivity index (χ2n) is 12.1. The van der Waals surface area contributed by atoms with Crippen molar-refractivity contribution in [2.24, 2.45) is 18.9 Å². The minimum absolute atomic E-state index is 0.335. The van der Waals surface area contributed by atoms with E-state index in [2.05, 4.69) is 60.0 Å². The van der Waals surface area contributed by atoms with Gasteiger partial charge in [0, 0.05) is 69.7 Å². The first-order valence-electron chi connectivity index (χ1n) is 13.3. The summed E-state index contributed by atoms with van der Waals surface area (Å²) in [5.74, 6) is 0.765. The van der Waals surface area contributed by atoms with Gasteiger partial charge in [0.15, 0.2) is 5.79 Å². The number of aryl methyl sites for hydroxylation is 1. The SMILES string of the molecule is Cn1cc(-c2cn(COCC[Si](C)(C)C)c3ncc(C4=CC5CC(C4)CC4(C5)OCCO4)cc23)cn1. The largest absolute Gasteiger partial charge is 0.361 e. The van der Waals surface area contributed by atoms with Crippen molar-refractivity contribution >= 4 is 24.7 Å². The van der Waals surface area contributed by atoms with E-state index in [4.69, 9.17) is 19.2 Å². The van der Waals surface area contributed by atoms with Crippen LogP contribution < -0.4 is 0 Å². The van der Waals surface area contributed by atoms with Gasteiger partial charge >= 0.3 is 0 Å². The van der Waals surface area contributed by atoms with Crippen molar-refractivity contribution in [3.63, 3.8) is 0 Å². The molecule has 36 heavy (non-hydrogen) atoms. The molecule has 3 aromatic heterocycles. The van der Waals surface area contributed by atoms with E-state index in [9.17, 15) is 0 Å². The van der Waals surface area contributed by atoms with Gasteiger partial charge in [0.1, 0.15) is 12.4 Å². The van der Waals surface area contributed by atoms with Crippen molar-refractivity contribution in [3.8, 4) is 11.1 Å². The maximum atomic E-state index is 6.10. The molecular formula is C28H38N4O3Si. The fourth-order valence-corrected chi connectivity index (χ4v) is 6.94. The fourth-order valence-electron chi connectivity index (χ4n) is 6.19. The van der Waals surface area contributed by atoms with Gasteiger partial charge in [-0.15, -0.1) is 0 Å². The quantitative estimate of drug-likeness (QED) is 0.304. The number of fused-ring (bicyclic) bond motifs is 3. The van der Waals surface area contributed by atoms with Crippen molar-refractivity contribution in [3.05, 3.63) is 42.5 Å². The Morgan fingerprint density at radius 3 is 2.67 bits per heavy atom. The van der Waals surface area contributed by atoms with Gasteiger partial charge in [0.2, 0.25) is 0 Å². The summed E-state index contributed by atoms with van der Waals surface area (Å²) >= 11 is 0. The number of nitrogens with zero attached hydrogens (tertiary/aromatic N) is 4. The van der Waals surface area contributed by atoms with Gasteiger partial charge in [-0.25, -0.2) is 4.98 Å². The minimum Gasteiger partial charge on any atom is -0.361 e. The minimum atomic E-state index is -1.12. The molecule has 0 N–H and O–H groups in total. The summed E-state index contributed by atoms with van der Waals surface area (Å²) in [6, 6.07) is 3.49. The lowest BCUT2D eigenvalue weighted by Crippen LogP contribution is -2.41. The highest BCUT2D eigenvalue weighted by Crippen LogP contribution is 2.49. The van der Waals surface area contributed by atoms with Gasteiger partial charge in [-0.05, 0) is 47.9 Å². The first-order valence-corrected chi connectivity index (χ1v) is 17.0. The zero-order valence-corrected chi connectivity index (χ0v) is 23.0. The maximum Gasteiger partial charge on any atom is 0.169 e. The number of pyridine rings is 1. The van der Waals surface area contributed by atoms with Gasteiger partial charge in [0.05, 0.1) is 19.4 Å². The Morgan fingerprint density at radius 1 is 1.11 bits per heavy atom. The highest BCUT2D eigenvalue weighted by molar-refractivity contribution is 6.76. The zero-order valence-electron chi connectivity index (χ0n) is 22.0. The maximum absolute atomic E-state index is 6.10. The molecule has 2 atom stereocenters. The van der Waals surface area contributed by atoms with Gasteiger partial charge in [0.25, 0.3) is 0 Å². The zero-order chi connectivity index (χ0) is 24.9. The number of allylic oxidation sites excluding steroid dienone is 2. The predicted molar refractivity (Wildman–Crippen MR) is 144 cm³/mol. The molecule has 8 heteroatoms. The summed E-state index contributed by atoms with van der Waals surface area (Å²) in [4.78, 5) is 4.98. The number of hydrogen-bond acceptors (Lipinski definition) is 5. The standard InChI is InChI=1S/C28H38N4O3Si/c1-31-17-24(16-30-31)26-18-32(19-33-7-8-36(2,3)4)27-25(26)12-23(15-29-27)22-10-20-9-21(11-22)14-28(13-20)34-5-6-35-28/h10,12,15-18,20-21H,5-9,11,13-14,19H2,1-4H3. The van der Waals surface area contributed by atoms with Crippen LogP contribution in [0.25, 0.3) is 27.7 Å². The molecule has 2 fully saturated rings. The molecule has 4 heterocycles. The third-order valence-electron chi connectivity index (χ3n) is 7.90. The normalized spacial score (nSPS) is 23.5. The van der Waals surface area contributed by atoms with Crippen LogP contribution in [0.2, 0.25) is 25.7 Å². The van der Waals surface area contributed by atoms with E-state index >= 15 is 0 Å². The second kappa shape index (κ2) is 9.24. The first kappa shape index (κ1) is 24.1. The van der Waals surface area contributed by atoms with Crippen molar-refractivity contribution < 1.29 is 14.2 Å². The highest BCUT2D eigenvalue weighted by Gasteiger charge is 2.46. The summed E-state index contributed by atoms with van der Waals surface area (Å²) in [5, 5.41) is 5.58. The van der Waals surface area contributed by atoms with Gasteiger partial charge in [-0.1, -0.05) is 25.7 Å². The summed E-state index contributed by atoms with van der Waals surface area (Å²) in [6.45, 7) is 9.91. The lowest BCUT2D eigenvalue weighted by Gasteiger charge is -2.43. The molecule has 1 saturated heterocycles. The molecule has 0 amide bonds. The van der Waals surface area contributed by atoms with Crippen LogP contribution in [-0.2, 0) is 28.0 Å². The molecule has 0 aromatic carbocycles. The van der Waals surface area contributed by atoms with Crippen LogP contribution in [0.5, 0.6) is 0 Å². The Hall–Kier alpha value is -2.26. The van der Waals surface area contributed by atoms with Gasteiger partial charge < -0.3 is 18.8 Å². The Morgan fingerprint density at radius 2 is 1.94 bits per heavy atom. The number of rotatable bonds is 7. The van der Waals surface area contributed by atoms with E-state index in [0.717, 1.165) is 67.3 Å². The Bertz CT molecular complexity index is 1280. The molecule has 192 valence electrons. The second-order valence-corrected chi connectivity index (χ2v) is 17.8. The van der Waals surface area contributed by atoms with E-state index in [-0.39, 0.29) is 5.79 Å². The van der Waals surface area contributed by atoms with Crippen LogP contribution in [0.4, 0.5) is 0 Å². The lowest BCUT2D eigenvalue weighted by molar-refractivity contribution is -0.194. The average Bonchev–Trinajstić information content (AvgIpc) is 3.54. The molecule has 2 aliphatic carbocycles. The van der Waals surface area contributed by atoms with Crippen LogP contribution in [0.15, 0.2) is 36.9 Å². The highest BCUT2D eigenvalue weighted by atomic mass is 28.3. The van der Waals surface area contributed by atoms with E-state index in [0.29, 0.717) is 18.6 Å². The van der Waals surface area contributed by atoms with Crippen LogP contribution in [-0.4, -0.2) is 53.0 Å². The van der Waals surface area contributed by atoms with Gasteiger partial charge in [-0.2, -0.15) is 5.10 Å². The molecule has 2 bridgehead atoms. The van der Waals surface area contributed by atoms with Crippen molar-refractivity contribution in [1.29, 1.82) is 0 Å². The third kappa shape index (κ3) is 4.84. The average molecular weight is 507 g/mol. The third-order valence-corrected chi connectivity index (χ3v) is 9.60. The van der Waals surface area contributed by atoms with E-state index in [1.165, 1.54) is 17.6 Å². The summed E-state index contributed by atoms with van der Waals surface area (Å²) in [7, 11) is 0.836. The molecule has 6 rings (SSSR count). The van der Waals surface area contributed by atoms with E-state index in [1.807, 2.05) is 17.9 Å². The summed E-state index contributed by atoms with van der Waals surface area (Å²) < 4.78 is 22.2. The van der Waals surface area contributed by atoms with Crippen LogP contribution in [0.1, 0.15) is 31.2 Å². The Labute approximate surface area is 214 Å². The van der Waals surface area contributed by atoms with E-state index < -0.39 is 8.07 Å². The Balaban J connectivity index is 1.30. The smallest absolute Gasteiger partial charge is 0.169 e. The van der Waals surface area contributed by atoms with Crippen molar-refractivity contribution in [2.75, 3.05) is 19.8 Å². The predicted octanol–water partition coefficient (Wildman–Crippen LogP) is 5.70. The number of ether oxygens (including phenoxy) is 3. The molecule has 0 radical (unpaired) electrons. The van der Waals surface area contributed by atoms with Crippen molar-refractivity contribution in [1.82, 2.24) is 19.3 Å². The van der Waals surface area contributed by atoms with Crippen molar-refractivity contribution in [2.45, 2.75) is 63.9 Å². The summed E-state index contributed by atoms with van der Waals surface area (Å²) in [6.07, 6.45) is 15.0. The molecule has 2 unspecified atom stereocenters. The summed E-state index contributed by atoms with van der Waals surface area (Å²) in [5.41, 5.74) is 5.87. The van der Waals surface area contributed by atoms with Crippen LogP contribution >= 0.6 is 0 Å². The molecule has 3 aliphatic rings. The van der Waals surface area contributed by atoms with E-state index in [1.54, 1.807) is 0 Å². The molecule has 3 aromatic rings. The lowest BCUT2D eigenvalue weighted by atomic mass is 9.70. The fraction of sp³-hybridized carbons (Fsp3) is 0.571. The molecular weight excluding hydrogens is 468 g/mol. The number of hydrogen-bond donors (Lipinski definition) is 0. The monoisotopic (exact) mass is 506 g/mol. The molecule has 1 spiro atoms. The molecule has 1 aliphatic heterocycles. The topological polar surface area (TPSA) is 63.3 Å². The Kier molecular flexibility index (Phi) is 6.18. The van der Waals surface area contributed by atoms with Gasteiger partial charge in [-0.3, -0.25) is 4.68 Å². The van der Waals surface area contributed by atoms with Crippen LogP contribution in [0, 0.1) is 11.8 Å². The first-order chi connectivity index (χ1) is 17.3. The number of aromatic nitrogens is 4. The molecule has 1 saturated carbocycles.